The minimum Gasteiger partial charge on any atom is -0.450 e. The summed E-state index contributed by atoms with van der Waals surface area (Å²) in [4.78, 5) is 35.0. The Morgan fingerprint density at radius 3 is 2.63 bits per heavy atom. The standard InChI is InChI=1S/C22H33N5O3/c1-3-30-21(29)26-11-6-17(7-12-26)15-25-13-8-22(9-14-25)16-27(20(28)23-2)19-18(22)5-4-10-24-19/h4-5,10,17H,3,6-9,11-16H2,1-2H3,(H,23,28). The zero-order valence-electron chi connectivity index (χ0n) is 18.1. The molecule has 8 heteroatoms. The van der Waals surface area contributed by atoms with Crippen LogP contribution in [0.1, 0.15) is 38.2 Å². The van der Waals surface area contributed by atoms with Crippen molar-refractivity contribution >= 4 is 17.9 Å². The maximum absolute atomic E-state index is 12.4. The van der Waals surface area contributed by atoms with Gasteiger partial charge in [-0.2, -0.15) is 0 Å². The summed E-state index contributed by atoms with van der Waals surface area (Å²) in [5, 5.41) is 2.75. The first-order chi connectivity index (χ1) is 14.6. The van der Waals surface area contributed by atoms with Gasteiger partial charge < -0.3 is 19.9 Å². The van der Waals surface area contributed by atoms with Gasteiger partial charge in [-0.05, 0) is 57.7 Å². The lowest BCUT2D eigenvalue weighted by Crippen LogP contribution is -2.49. The van der Waals surface area contributed by atoms with Gasteiger partial charge in [-0.3, -0.25) is 4.90 Å². The predicted molar refractivity (Wildman–Crippen MR) is 115 cm³/mol. The van der Waals surface area contributed by atoms with E-state index in [-0.39, 0.29) is 17.5 Å². The Kier molecular flexibility index (Phi) is 6.13. The SMILES string of the molecule is CCOC(=O)N1CCC(CN2CCC3(CC2)CN(C(=O)NC)c2ncccc23)CC1. The van der Waals surface area contributed by atoms with Gasteiger partial charge in [-0.1, -0.05) is 6.07 Å². The Bertz CT molecular complexity index is 770. The maximum Gasteiger partial charge on any atom is 0.409 e. The molecule has 4 rings (SSSR count). The second-order valence-electron chi connectivity index (χ2n) is 8.73. The Balaban J connectivity index is 1.33. The van der Waals surface area contributed by atoms with Crippen LogP contribution >= 0.6 is 0 Å². The van der Waals surface area contributed by atoms with Crippen LogP contribution in [0.15, 0.2) is 18.3 Å². The molecule has 0 unspecified atom stereocenters. The number of carbonyl (C=O) groups excluding carboxylic acids is 2. The molecule has 2 fully saturated rings. The van der Waals surface area contributed by atoms with Crippen molar-refractivity contribution in [2.75, 3.05) is 57.8 Å². The maximum atomic E-state index is 12.4. The lowest BCUT2D eigenvalue weighted by Gasteiger charge is -2.41. The number of urea groups is 1. The van der Waals surface area contributed by atoms with Gasteiger partial charge in [-0.15, -0.1) is 0 Å². The van der Waals surface area contributed by atoms with E-state index in [2.05, 4.69) is 21.3 Å². The summed E-state index contributed by atoms with van der Waals surface area (Å²) in [5.74, 6) is 1.45. The number of hydrogen-bond acceptors (Lipinski definition) is 5. The first kappa shape index (κ1) is 20.9. The molecule has 1 spiro atoms. The Labute approximate surface area is 178 Å². The van der Waals surface area contributed by atoms with Crippen molar-refractivity contribution in [3.05, 3.63) is 23.9 Å². The van der Waals surface area contributed by atoms with E-state index in [1.165, 1.54) is 5.56 Å². The van der Waals surface area contributed by atoms with Crippen LogP contribution < -0.4 is 10.2 Å². The number of pyridine rings is 1. The topological polar surface area (TPSA) is 78.0 Å². The predicted octanol–water partition coefficient (Wildman–Crippen LogP) is 2.44. The fraction of sp³-hybridized carbons (Fsp3) is 0.682. The summed E-state index contributed by atoms with van der Waals surface area (Å²) in [6.07, 6.45) is 5.76. The minimum absolute atomic E-state index is 0.0138. The van der Waals surface area contributed by atoms with Crippen LogP contribution in [0.5, 0.6) is 0 Å². The third-order valence-corrected chi connectivity index (χ3v) is 7.00. The average Bonchev–Trinajstić information content (AvgIpc) is 3.10. The first-order valence-electron chi connectivity index (χ1n) is 11.1. The van der Waals surface area contributed by atoms with Gasteiger partial charge in [-0.25, -0.2) is 14.6 Å². The van der Waals surface area contributed by atoms with Gasteiger partial charge in [0.1, 0.15) is 5.82 Å². The highest BCUT2D eigenvalue weighted by atomic mass is 16.6. The highest BCUT2D eigenvalue weighted by molar-refractivity contribution is 5.93. The molecule has 0 bridgehead atoms. The normalized spacial score (nSPS) is 21.5. The molecule has 3 aliphatic rings. The molecule has 0 aromatic carbocycles. The molecule has 0 atom stereocenters. The fourth-order valence-electron chi connectivity index (χ4n) is 5.26. The first-order valence-corrected chi connectivity index (χ1v) is 11.1. The van der Waals surface area contributed by atoms with Gasteiger partial charge in [0, 0.05) is 50.4 Å². The fourth-order valence-corrected chi connectivity index (χ4v) is 5.26. The van der Waals surface area contributed by atoms with Crippen LogP contribution in [0, 0.1) is 5.92 Å². The van der Waals surface area contributed by atoms with E-state index in [9.17, 15) is 9.59 Å². The van der Waals surface area contributed by atoms with Crippen molar-refractivity contribution in [3.63, 3.8) is 0 Å². The third kappa shape index (κ3) is 3.97. The number of rotatable bonds is 3. The number of likely N-dealkylation sites (tertiary alicyclic amines) is 2. The van der Waals surface area contributed by atoms with E-state index in [1.807, 2.05) is 17.9 Å². The molecule has 30 heavy (non-hydrogen) atoms. The quantitative estimate of drug-likeness (QED) is 0.821. The molecular formula is C22H33N5O3. The average molecular weight is 416 g/mol. The van der Waals surface area contributed by atoms with Crippen LogP contribution in [-0.4, -0.2) is 79.8 Å². The van der Waals surface area contributed by atoms with Gasteiger partial charge in [0.25, 0.3) is 0 Å². The number of anilines is 1. The highest BCUT2D eigenvalue weighted by Gasteiger charge is 2.47. The zero-order chi connectivity index (χ0) is 21.1. The molecule has 4 heterocycles. The van der Waals surface area contributed by atoms with Gasteiger partial charge in [0.05, 0.1) is 6.61 Å². The second-order valence-corrected chi connectivity index (χ2v) is 8.73. The van der Waals surface area contributed by atoms with Crippen molar-refractivity contribution in [1.29, 1.82) is 0 Å². The Morgan fingerprint density at radius 2 is 1.97 bits per heavy atom. The van der Waals surface area contributed by atoms with Crippen molar-refractivity contribution in [1.82, 2.24) is 20.1 Å². The highest BCUT2D eigenvalue weighted by Crippen LogP contribution is 2.46. The van der Waals surface area contributed by atoms with Crippen LogP contribution in [0.25, 0.3) is 0 Å². The largest absolute Gasteiger partial charge is 0.450 e. The van der Waals surface area contributed by atoms with Crippen LogP contribution in [0.2, 0.25) is 0 Å². The number of fused-ring (bicyclic) bond motifs is 2. The summed E-state index contributed by atoms with van der Waals surface area (Å²) in [6.45, 7) is 7.74. The minimum atomic E-state index is -0.176. The Morgan fingerprint density at radius 1 is 1.23 bits per heavy atom. The number of piperidine rings is 2. The lowest BCUT2D eigenvalue weighted by atomic mass is 9.74. The van der Waals surface area contributed by atoms with Crippen molar-refractivity contribution in [2.24, 2.45) is 5.92 Å². The summed E-state index contributed by atoms with van der Waals surface area (Å²) in [5.41, 5.74) is 1.23. The molecule has 3 amide bonds. The lowest BCUT2D eigenvalue weighted by molar-refractivity contribution is 0.0798. The molecule has 2 saturated heterocycles. The van der Waals surface area contributed by atoms with Crippen molar-refractivity contribution < 1.29 is 14.3 Å². The van der Waals surface area contributed by atoms with E-state index in [0.717, 1.165) is 64.2 Å². The molecule has 1 aromatic rings. The summed E-state index contributed by atoms with van der Waals surface area (Å²) >= 11 is 0. The number of carbonyl (C=O) groups is 2. The van der Waals surface area contributed by atoms with Crippen LogP contribution in [0.4, 0.5) is 15.4 Å². The molecule has 164 valence electrons. The molecule has 0 radical (unpaired) electrons. The third-order valence-electron chi connectivity index (χ3n) is 7.00. The monoisotopic (exact) mass is 415 g/mol. The van der Waals surface area contributed by atoms with Crippen molar-refractivity contribution in [2.45, 2.75) is 38.0 Å². The van der Waals surface area contributed by atoms with Crippen molar-refractivity contribution in [3.8, 4) is 0 Å². The number of hydrogen-bond donors (Lipinski definition) is 1. The van der Waals surface area contributed by atoms with Gasteiger partial charge in [0.2, 0.25) is 0 Å². The summed E-state index contributed by atoms with van der Waals surface area (Å²) < 4.78 is 5.12. The number of nitrogens with one attached hydrogen (secondary N) is 1. The smallest absolute Gasteiger partial charge is 0.409 e. The van der Waals surface area contributed by atoms with E-state index in [0.29, 0.717) is 19.1 Å². The molecule has 8 nitrogen and oxygen atoms in total. The molecule has 3 aliphatic heterocycles. The number of amides is 3. The number of aromatic nitrogens is 1. The molecule has 1 N–H and O–H groups in total. The zero-order valence-corrected chi connectivity index (χ0v) is 18.1. The van der Waals surface area contributed by atoms with Crippen LogP contribution in [0.3, 0.4) is 0 Å². The van der Waals surface area contributed by atoms with E-state index in [4.69, 9.17) is 4.74 Å². The van der Waals surface area contributed by atoms with Gasteiger partial charge in [0.15, 0.2) is 0 Å². The van der Waals surface area contributed by atoms with E-state index >= 15 is 0 Å². The van der Waals surface area contributed by atoms with Crippen LogP contribution in [-0.2, 0) is 10.2 Å². The summed E-state index contributed by atoms with van der Waals surface area (Å²) in [6, 6.07) is 4.05. The molecule has 0 saturated carbocycles. The van der Waals surface area contributed by atoms with E-state index in [1.54, 1.807) is 18.1 Å². The molecule has 0 aliphatic carbocycles. The van der Waals surface area contributed by atoms with Gasteiger partial charge >= 0.3 is 12.1 Å². The molecular weight excluding hydrogens is 382 g/mol. The number of nitrogens with zero attached hydrogens (tertiary/aromatic N) is 4. The van der Waals surface area contributed by atoms with E-state index < -0.39 is 0 Å². The number of ether oxygens (including phenoxy) is 1. The second kappa shape index (κ2) is 8.79. The Hall–Kier alpha value is -2.35. The molecule has 1 aromatic heterocycles. The summed E-state index contributed by atoms with van der Waals surface area (Å²) in [7, 11) is 1.67.